The first kappa shape index (κ1) is 22.8. The van der Waals surface area contributed by atoms with Crippen molar-refractivity contribution in [1.29, 1.82) is 0 Å². The fraction of sp³-hybridized carbons (Fsp3) is 0.286. The van der Waals surface area contributed by atoms with E-state index in [4.69, 9.17) is 18.3 Å². The van der Waals surface area contributed by atoms with Crippen LogP contribution in [0.4, 0.5) is 0 Å². The largest absolute Gasteiger partial charge is 0.493 e. The van der Waals surface area contributed by atoms with E-state index in [-0.39, 0.29) is 23.6 Å². The Morgan fingerprint density at radius 3 is 2.60 bits per heavy atom. The number of ether oxygens (including phenoxy) is 2. The van der Waals surface area contributed by atoms with Gasteiger partial charge in [0.2, 0.25) is 5.76 Å². The highest BCUT2D eigenvalue weighted by atomic mass is 16.5. The number of amides is 1. The highest BCUT2D eigenvalue weighted by Crippen LogP contribution is 2.41. The molecule has 5 rings (SSSR count). The number of fused-ring (bicyclic) bond motifs is 2. The van der Waals surface area contributed by atoms with E-state index >= 15 is 0 Å². The number of carbonyl (C=O) groups excluding carboxylic acids is 1. The summed E-state index contributed by atoms with van der Waals surface area (Å²) in [4.78, 5) is 28.9. The Balaban J connectivity index is 1.67. The maximum Gasteiger partial charge on any atom is 0.291 e. The zero-order valence-corrected chi connectivity index (χ0v) is 20.2. The molecule has 1 aliphatic heterocycles. The van der Waals surface area contributed by atoms with E-state index in [9.17, 15) is 9.59 Å². The minimum absolute atomic E-state index is 0.0574. The molecular weight excluding hydrogens is 446 g/mol. The van der Waals surface area contributed by atoms with Crippen LogP contribution in [0.3, 0.4) is 0 Å². The SMILES string of the molecule is COc1cc(C2c3c(oc4ccc(C)cc4c3=O)C(=O)N2Cc2ccco2)ccc1OCC(C)C. The van der Waals surface area contributed by atoms with E-state index < -0.39 is 6.04 Å². The van der Waals surface area contributed by atoms with Gasteiger partial charge in [0.15, 0.2) is 16.9 Å². The molecule has 2 aromatic heterocycles. The minimum atomic E-state index is -0.670. The molecule has 0 saturated heterocycles. The molecule has 3 heterocycles. The normalized spacial score (nSPS) is 15.2. The molecule has 0 saturated carbocycles. The molecule has 180 valence electrons. The van der Waals surface area contributed by atoms with E-state index in [1.807, 2.05) is 31.2 Å². The Morgan fingerprint density at radius 2 is 1.89 bits per heavy atom. The van der Waals surface area contributed by atoms with Crippen molar-refractivity contribution in [2.24, 2.45) is 5.92 Å². The Kier molecular flexibility index (Phi) is 5.84. The van der Waals surface area contributed by atoms with Crippen LogP contribution >= 0.6 is 0 Å². The van der Waals surface area contributed by atoms with Gasteiger partial charge in [0.1, 0.15) is 11.3 Å². The van der Waals surface area contributed by atoms with Crippen molar-refractivity contribution >= 4 is 16.9 Å². The summed E-state index contributed by atoms with van der Waals surface area (Å²) in [7, 11) is 1.57. The molecule has 0 N–H and O–H groups in total. The molecule has 1 aliphatic rings. The molecule has 2 aromatic carbocycles. The second kappa shape index (κ2) is 8.98. The number of carbonyl (C=O) groups is 1. The molecular formula is C28H27NO6. The fourth-order valence-electron chi connectivity index (χ4n) is 4.44. The third-order valence-electron chi connectivity index (χ3n) is 6.10. The molecule has 4 aromatic rings. The smallest absolute Gasteiger partial charge is 0.291 e. The second-order valence-corrected chi connectivity index (χ2v) is 9.20. The number of hydrogen-bond donors (Lipinski definition) is 0. The quantitative estimate of drug-likeness (QED) is 0.353. The number of rotatable bonds is 7. The van der Waals surface area contributed by atoms with Crippen LogP contribution in [-0.2, 0) is 6.54 Å². The number of benzene rings is 2. The predicted molar refractivity (Wildman–Crippen MR) is 131 cm³/mol. The highest BCUT2D eigenvalue weighted by Gasteiger charge is 2.43. The Hall–Kier alpha value is -4.00. The van der Waals surface area contributed by atoms with Crippen LogP contribution in [0.1, 0.15) is 52.9 Å². The maximum absolute atomic E-state index is 13.7. The Morgan fingerprint density at radius 1 is 1.06 bits per heavy atom. The molecule has 0 aliphatic carbocycles. The van der Waals surface area contributed by atoms with Crippen molar-refractivity contribution in [3.63, 3.8) is 0 Å². The van der Waals surface area contributed by atoms with Gasteiger partial charge in [-0.05, 0) is 54.8 Å². The van der Waals surface area contributed by atoms with Crippen LogP contribution in [0, 0.1) is 12.8 Å². The van der Waals surface area contributed by atoms with Gasteiger partial charge in [-0.25, -0.2) is 0 Å². The Labute approximate surface area is 202 Å². The molecule has 1 atom stereocenters. The van der Waals surface area contributed by atoms with Gasteiger partial charge in [0.05, 0.1) is 43.5 Å². The number of methoxy groups -OCH3 is 1. The lowest BCUT2D eigenvalue weighted by Crippen LogP contribution is -2.29. The summed E-state index contributed by atoms with van der Waals surface area (Å²) in [5, 5.41) is 0.449. The average molecular weight is 474 g/mol. The third kappa shape index (κ3) is 4.07. The molecule has 35 heavy (non-hydrogen) atoms. The second-order valence-electron chi connectivity index (χ2n) is 9.20. The molecule has 1 amide bonds. The lowest BCUT2D eigenvalue weighted by molar-refractivity contribution is 0.0701. The summed E-state index contributed by atoms with van der Waals surface area (Å²) in [6.45, 7) is 6.78. The summed E-state index contributed by atoms with van der Waals surface area (Å²) in [5.41, 5.74) is 2.14. The lowest BCUT2D eigenvalue weighted by atomic mass is 9.97. The Bertz CT molecular complexity index is 1450. The van der Waals surface area contributed by atoms with Crippen molar-refractivity contribution in [1.82, 2.24) is 4.90 Å². The van der Waals surface area contributed by atoms with Crippen molar-refractivity contribution in [2.75, 3.05) is 13.7 Å². The van der Waals surface area contributed by atoms with Crippen LogP contribution in [0.15, 0.2) is 68.4 Å². The minimum Gasteiger partial charge on any atom is -0.493 e. The van der Waals surface area contributed by atoms with Gasteiger partial charge in [-0.3, -0.25) is 9.59 Å². The van der Waals surface area contributed by atoms with Gasteiger partial charge < -0.3 is 23.2 Å². The van der Waals surface area contributed by atoms with E-state index in [1.165, 1.54) is 0 Å². The van der Waals surface area contributed by atoms with E-state index in [1.54, 1.807) is 42.5 Å². The molecule has 0 spiro atoms. The molecule has 1 unspecified atom stereocenters. The van der Waals surface area contributed by atoms with Gasteiger partial charge >= 0.3 is 0 Å². The van der Waals surface area contributed by atoms with Crippen molar-refractivity contribution in [3.8, 4) is 11.5 Å². The van der Waals surface area contributed by atoms with Gasteiger partial charge in [-0.15, -0.1) is 0 Å². The van der Waals surface area contributed by atoms with Crippen LogP contribution in [0.25, 0.3) is 11.0 Å². The van der Waals surface area contributed by atoms with Crippen molar-refractivity contribution in [3.05, 3.63) is 93.2 Å². The van der Waals surface area contributed by atoms with Gasteiger partial charge in [0, 0.05) is 0 Å². The average Bonchev–Trinajstić information content (AvgIpc) is 3.45. The molecule has 0 radical (unpaired) electrons. The number of aryl methyl sites for hydroxylation is 1. The zero-order chi connectivity index (χ0) is 24.7. The molecule has 0 fully saturated rings. The zero-order valence-electron chi connectivity index (χ0n) is 20.2. The molecule has 0 bridgehead atoms. The van der Waals surface area contributed by atoms with E-state index in [0.29, 0.717) is 46.3 Å². The van der Waals surface area contributed by atoms with Gasteiger partial charge in [0.25, 0.3) is 5.91 Å². The summed E-state index contributed by atoms with van der Waals surface area (Å²) < 4.78 is 23.0. The van der Waals surface area contributed by atoms with Crippen LogP contribution in [0.5, 0.6) is 11.5 Å². The predicted octanol–water partition coefficient (Wildman–Crippen LogP) is 5.48. The standard InChI is InChI=1S/C28H27NO6/c1-16(2)15-34-22-10-8-18(13-23(22)32-4)25-24-26(30)20-12-17(3)7-9-21(20)35-27(24)28(31)29(25)14-19-6-5-11-33-19/h5-13,16,25H,14-15H2,1-4H3. The highest BCUT2D eigenvalue weighted by molar-refractivity contribution is 5.99. The van der Waals surface area contributed by atoms with Crippen LogP contribution in [-0.4, -0.2) is 24.5 Å². The van der Waals surface area contributed by atoms with E-state index in [0.717, 1.165) is 11.1 Å². The van der Waals surface area contributed by atoms with Crippen molar-refractivity contribution < 1.29 is 23.1 Å². The first-order valence-corrected chi connectivity index (χ1v) is 11.6. The lowest BCUT2D eigenvalue weighted by Gasteiger charge is -2.25. The first-order valence-electron chi connectivity index (χ1n) is 11.6. The van der Waals surface area contributed by atoms with Crippen LogP contribution < -0.4 is 14.9 Å². The maximum atomic E-state index is 13.7. The topological polar surface area (TPSA) is 82.1 Å². The monoisotopic (exact) mass is 473 g/mol. The first-order chi connectivity index (χ1) is 16.9. The van der Waals surface area contributed by atoms with Gasteiger partial charge in [-0.1, -0.05) is 31.5 Å². The van der Waals surface area contributed by atoms with Gasteiger partial charge in [-0.2, -0.15) is 0 Å². The summed E-state index contributed by atoms with van der Waals surface area (Å²) in [6.07, 6.45) is 1.56. The van der Waals surface area contributed by atoms with Crippen LogP contribution in [0.2, 0.25) is 0 Å². The number of furan rings is 1. The summed E-state index contributed by atoms with van der Waals surface area (Å²) in [6, 6.07) is 13.8. The molecule has 7 nitrogen and oxygen atoms in total. The summed E-state index contributed by atoms with van der Waals surface area (Å²) in [5.74, 6) is 1.79. The number of nitrogens with zero attached hydrogens (tertiary/aromatic N) is 1. The summed E-state index contributed by atoms with van der Waals surface area (Å²) >= 11 is 0. The third-order valence-corrected chi connectivity index (χ3v) is 6.10. The fourth-order valence-corrected chi connectivity index (χ4v) is 4.44. The van der Waals surface area contributed by atoms with Crippen molar-refractivity contribution in [2.45, 2.75) is 33.4 Å². The molecule has 7 heteroatoms. The van der Waals surface area contributed by atoms with E-state index in [2.05, 4.69) is 13.8 Å². The number of hydrogen-bond acceptors (Lipinski definition) is 6.